The second kappa shape index (κ2) is 21.5. The van der Waals surface area contributed by atoms with Gasteiger partial charge >= 0.3 is 0 Å². The van der Waals surface area contributed by atoms with Crippen LogP contribution in [0.2, 0.25) is 0 Å². The SMILES string of the molecule is C[C@@H](N)C(=O)NC(=O)[C@@H](CCCCN)NC(=O)[C@@H](Cc1ccccc1)NC(=O)[C@@H](Cc1c[nH]c2ccccc12)NC(=O)[C@@H](C)NC(=O)[C@H](N)Cc1ccc2ccccc2c1. The van der Waals surface area contributed by atoms with Crippen molar-refractivity contribution in [1.29, 1.82) is 0 Å². The van der Waals surface area contributed by atoms with Crippen LogP contribution in [0.1, 0.15) is 49.8 Å². The first-order valence-electron chi connectivity index (χ1n) is 20.2. The Bertz CT molecular complexity index is 2280. The van der Waals surface area contributed by atoms with Crippen molar-refractivity contribution in [3.05, 3.63) is 120 Å². The zero-order chi connectivity index (χ0) is 43.2. The molecule has 0 fully saturated rings. The van der Waals surface area contributed by atoms with Crippen LogP contribution in [0.25, 0.3) is 21.7 Å². The molecule has 5 rings (SSSR count). The minimum atomic E-state index is -1.22. The van der Waals surface area contributed by atoms with Crippen LogP contribution in [0.15, 0.2) is 103 Å². The number of amides is 6. The third kappa shape index (κ3) is 12.5. The van der Waals surface area contributed by atoms with Crippen molar-refractivity contribution in [3.8, 4) is 0 Å². The van der Waals surface area contributed by atoms with Gasteiger partial charge in [-0.2, -0.15) is 0 Å². The van der Waals surface area contributed by atoms with E-state index in [0.29, 0.717) is 24.9 Å². The summed E-state index contributed by atoms with van der Waals surface area (Å²) in [5.41, 5.74) is 20.8. The molecule has 12 N–H and O–H groups in total. The van der Waals surface area contributed by atoms with Crippen molar-refractivity contribution >= 4 is 57.1 Å². The van der Waals surface area contributed by atoms with Crippen molar-refractivity contribution in [2.24, 2.45) is 17.2 Å². The van der Waals surface area contributed by atoms with E-state index < -0.39 is 71.7 Å². The molecule has 6 atom stereocenters. The Hall–Kier alpha value is -6.42. The van der Waals surface area contributed by atoms with Crippen molar-refractivity contribution in [3.63, 3.8) is 0 Å². The summed E-state index contributed by atoms with van der Waals surface area (Å²) in [6, 6.07) is 23.6. The number of carbonyl (C=O) groups is 6. The molecule has 0 spiro atoms. The number of nitrogens with one attached hydrogen (secondary N) is 6. The minimum absolute atomic E-state index is 0.0207. The maximum atomic E-state index is 14.4. The monoisotopic (exact) mass is 817 g/mol. The van der Waals surface area contributed by atoms with Gasteiger partial charge in [-0.05, 0) is 79.6 Å². The lowest BCUT2D eigenvalue weighted by molar-refractivity contribution is -0.136. The summed E-state index contributed by atoms with van der Waals surface area (Å²) in [7, 11) is 0. The lowest BCUT2D eigenvalue weighted by atomic mass is 10.0. The Balaban J connectivity index is 1.34. The van der Waals surface area contributed by atoms with E-state index in [0.717, 1.165) is 32.8 Å². The van der Waals surface area contributed by atoms with E-state index in [4.69, 9.17) is 17.2 Å². The molecule has 15 nitrogen and oxygen atoms in total. The van der Waals surface area contributed by atoms with Gasteiger partial charge in [0.25, 0.3) is 0 Å². The van der Waals surface area contributed by atoms with Crippen LogP contribution in [0, 0.1) is 0 Å². The summed E-state index contributed by atoms with van der Waals surface area (Å²) in [5, 5.41) is 16.2. The van der Waals surface area contributed by atoms with Gasteiger partial charge < -0.3 is 43.5 Å². The normalized spacial score (nSPS) is 14.2. The zero-order valence-electron chi connectivity index (χ0n) is 33.9. The Morgan fingerprint density at radius 2 is 1.22 bits per heavy atom. The number of aromatic nitrogens is 1. The van der Waals surface area contributed by atoms with E-state index in [1.165, 1.54) is 13.8 Å². The maximum absolute atomic E-state index is 14.4. The predicted octanol–water partition coefficient (Wildman–Crippen LogP) is 1.75. The molecule has 0 saturated carbocycles. The van der Waals surface area contributed by atoms with Gasteiger partial charge in [0, 0.05) is 29.9 Å². The standard InChI is InChI=1S/C45H55N9O6/c1-27(47)40(55)54-43(58)37(18-10-11-21-46)51-44(59)38(24-29-12-4-3-5-13-29)53-45(60)39(25-33-26-49-36-17-9-8-16-34(33)36)52-41(56)28(2)50-42(57)35(48)23-30-19-20-31-14-6-7-15-32(31)22-30/h3-9,12-17,19-20,22,26-28,35,37-39,49H,10-11,18,21,23-25,46-48H2,1-2H3,(H,50,57)(H,51,59)(H,52,56)(H,53,60)(H,54,55,58)/t27-,28-,35-,37-,38-,39-/m1/s1. The summed E-state index contributed by atoms with van der Waals surface area (Å²) in [6.07, 6.45) is 3.24. The van der Waals surface area contributed by atoms with E-state index >= 15 is 0 Å². The molecule has 4 aromatic carbocycles. The number of benzene rings is 4. The maximum Gasteiger partial charge on any atom is 0.249 e. The molecule has 316 valence electrons. The molecule has 6 amide bonds. The average Bonchev–Trinajstić information content (AvgIpc) is 3.65. The number of rotatable bonds is 20. The zero-order valence-corrected chi connectivity index (χ0v) is 33.9. The average molecular weight is 818 g/mol. The van der Waals surface area contributed by atoms with Crippen molar-refractivity contribution < 1.29 is 28.8 Å². The van der Waals surface area contributed by atoms with Gasteiger partial charge in [0.05, 0.1) is 12.1 Å². The molecule has 0 aliphatic rings. The highest BCUT2D eigenvalue weighted by atomic mass is 16.2. The van der Waals surface area contributed by atoms with Gasteiger partial charge in [0.1, 0.15) is 24.2 Å². The highest BCUT2D eigenvalue weighted by molar-refractivity contribution is 6.02. The summed E-state index contributed by atoms with van der Waals surface area (Å²) < 4.78 is 0. The fourth-order valence-corrected chi connectivity index (χ4v) is 6.81. The number of hydrogen-bond donors (Lipinski definition) is 9. The molecule has 1 aromatic heterocycles. The Morgan fingerprint density at radius 3 is 1.93 bits per heavy atom. The van der Waals surface area contributed by atoms with Gasteiger partial charge in [-0.25, -0.2) is 0 Å². The number of fused-ring (bicyclic) bond motifs is 2. The van der Waals surface area contributed by atoms with E-state index in [2.05, 4.69) is 31.6 Å². The molecule has 0 radical (unpaired) electrons. The fraction of sp³-hybridized carbons (Fsp3) is 0.333. The van der Waals surface area contributed by atoms with Crippen molar-refractivity contribution in [1.82, 2.24) is 31.6 Å². The van der Waals surface area contributed by atoms with E-state index in [9.17, 15) is 28.8 Å². The van der Waals surface area contributed by atoms with Crippen molar-refractivity contribution in [2.45, 2.75) is 88.6 Å². The molecule has 0 saturated heterocycles. The lowest BCUT2D eigenvalue weighted by Crippen LogP contribution is -2.59. The first kappa shape index (κ1) is 44.7. The lowest BCUT2D eigenvalue weighted by Gasteiger charge is -2.26. The van der Waals surface area contributed by atoms with Crippen LogP contribution in [0.5, 0.6) is 0 Å². The molecular weight excluding hydrogens is 763 g/mol. The third-order valence-electron chi connectivity index (χ3n) is 10.2. The molecule has 0 aliphatic heterocycles. The van der Waals surface area contributed by atoms with Gasteiger partial charge in [-0.15, -0.1) is 0 Å². The summed E-state index contributed by atoms with van der Waals surface area (Å²) >= 11 is 0. The quantitative estimate of drug-likeness (QED) is 0.0518. The van der Waals surface area contributed by atoms with Gasteiger partial charge in [0.15, 0.2) is 0 Å². The number of para-hydroxylation sites is 1. The molecule has 0 unspecified atom stereocenters. The predicted molar refractivity (Wildman–Crippen MR) is 231 cm³/mol. The van der Waals surface area contributed by atoms with Crippen LogP contribution in [-0.2, 0) is 48.0 Å². The molecule has 0 aliphatic carbocycles. The van der Waals surface area contributed by atoms with Crippen molar-refractivity contribution in [2.75, 3.05) is 6.54 Å². The number of hydrogen-bond acceptors (Lipinski definition) is 9. The molecule has 0 bridgehead atoms. The molecular formula is C45H55N9O6. The minimum Gasteiger partial charge on any atom is -0.361 e. The molecule has 5 aromatic rings. The van der Waals surface area contributed by atoms with E-state index in [-0.39, 0.29) is 25.7 Å². The van der Waals surface area contributed by atoms with Crippen LogP contribution in [-0.4, -0.2) is 83.2 Å². The number of unbranched alkanes of at least 4 members (excludes halogenated alkanes) is 1. The number of imide groups is 1. The topological polar surface area (TPSA) is 256 Å². The molecule has 60 heavy (non-hydrogen) atoms. The van der Waals surface area contributed by atoms with Crippen LogP contribution < -0.4 is 43.8 Å². The third-order valence-corrected chi connectivity index (χ3v) is 10.2. The largest absolute Gasteiger partial charge is 0.361 e. The molecule has 15 heteroatoms. The summed E-state index contributed by atoms with van der Waals surface area (Å²) in [6.45, 7) is 3.28. The first-order chi connectivity index (χ1) is 28.8. The van der Waals surface area contributed by atoms with E-state index in [1.807, 2.05) is 72.8 Å². The Labute approximate surface area is 349 Å². The summed E-state index contributed by atoms with van der Waals surface area (Å²) in [5.74, 6) is -4.03. The highest BCUT2D eigenvalue weighted by Gasteiger charge is 2.32. The second-order valence-corrected chi connectivity index (χ2v) is 15.1. The number of nitrogens with two attached hydrogens (primary N) is 3. The van der Waals surface area contributed by atoms with Crippen LogP contribution >= 0.6 is 0 Å². The Morgan fingerprint density at radius 1 is 0.583 bits per heavy atom. The number of aromatic amines is 1. The first-order valence-corrected chi connectivity index (χ1v) is 20.2. The summed E-state index contributed by atoms with van der Waals surface area (Å²) in [4.78, 5) is 84.2. The fourth-order valence-electron chi connectivity index (χ4n) is 6.81. The van der Waals surface area contributed by atoms with Gasteiger partial charge in [-0.3, -0.25) is 34.1 Å². The Kier molecular flexibility index (Phi) is 16.0. The molecule has 1 heterocycles. The highest BCUT2D eigenvalue weighted by Crippen LogP contribution is 2.20. The second-order valence-electron chi connectivity index (χ2n) is 15.1. The number of carbonyl (C=O) groups excluding carboxylic acids is 6. The van der Waals surface area contributed by atoms with E-state index in [1.54, 1.807) is 30.5 Å². The number of H-pyrrole nitrogens is 1. The van der Waals surface area contributed by atoms with Gasteiger partial charge in [-0.1, -0.05) is 91.0 Å². The van der Waals surface area contributed by atoms with Crippen LogP contribution in [0.3, 0.4) is 0 Å². The smallest absolute Gasteiger partial charge is 0.249 e. The van der Waals surface area contributed by atoms with Crippen LogP contribution in [0.4, 0.5) is 0 Å². The van der Waals surface area contributed by atoms with Gasteiger partial charge in [0.2, 0.25) is 35.4 Å².